The third kappa shape index (κ3) is 5.13. The fourth-order valence-corrected chi connectivity index (χ4v) is 6.42. The van der Waals surface area contributed by atoms with Gasteiger partial charge in [0.1, 0.15) is 10.7 Å². The number of benzene rings is 1. The zero-order chi connectivity index (χ0) is 22.6. The van der Waals surface area contributed by atoms with Crippen LogP contribution in [0.15, 0.2) is 35.1 Å². The number of urea groups is 1. The van der Waals surface area contributed by atoms with Gasteiger partial charge in [-0.05, 0) is 56.1 Å². The van der Waals surface area contributed by atoms with Gasteiger partial charge in [-0.25, -0.2) is 9.78 Å². The van der Waals surface area contributed by atoms with Crippen molar-refractivity contribution >= 4 is 27.6 Å². The second kappa shape index (κ2) is 10.1. The first-order valence-corrected chi connectivity index (χ1v) is 13.1. The molecule has 7 heteroatoms. The van der Waals surface area contributed by atoms with Crippen molar-refractivity contribution in [2.45, 2.75) is 76.8 Å². The van der Waals surface area contributed by atoms with Gasteiger partial charge in [0, 0.05) is 17.5 Å². The van der Waals surface area contributed by atoms with Crippen molar-refractivity contribution in [2.24, 2.45) is 0 Å². The predicted octanol–water partition coefficient (Wildman–Crippen LogP) is 4.95. The van der Waals surface area contributed by atoms with E-state index in [-0.39, 0.29) is 17.6 Å². The number of fused-ring (bicyclic) bond motifs is 3. The van der Waals surface area contributed by atoms with Gasteiger partial charge in [0.05, 0.1) is 11.9 Å². The number of carbonyl (C=O) groups excluding carboxylic acids is 1. The van der Waals surface area contributed by atoms with Crippen LogP contribution in [0.3, 0.4) is 0 Å². The van der Waals surface area contributed by atoms with Crippen molar-refractivity contribution in [3.63, 3.8) is 0 Å². The molecule has 0 radical (unpaired) electrons. The standard InChI is InChI=1S/C26H32N4O2S/c31-24-23-20-13-7-8-14-21(20)33-25(23)29-22(28-24)17-30(16-15-18-9-3-1-4-10-18)26(32)27-19-11-5-2-6-12-19/h1,3-4,9-10,19H,2,5-8,11-17H2,(H,27,32)(H,28,29,31). The van der Waals surface area contributed by atoms with Crippen LogP contribution in [0.5, 0.6) is 0 Å². The Labute approximate surface area is 198 Å². The SMILES string of the molecule is O=C(NC1CCCCC1)N(CCc1ccccc1)Cc1nc2sc3c(c2c(=O)[nH]1)CCCC3. The molecule has 2 aliphatic rings. The van der Waals surface area contributed by atoms with Crippen molar-refractivity contribution in [1.82, 2.24) is 20.2 Å². The lowest BCUT2D eigenvalue weighted by atomic mass is 9.96. The van der Waals surface area contributed by atoms with Crippen molar-refractivity contribution in [3.8, 4) is 0 Å². The monoisotopic (exact) mass is 464 g/mol. The Balaban J connectivity index is 1.37. The molecule has 5 rings (SSSR count). The summed E-state index contributed by atoms with van der Waals surface area (Å²) in [5.41, 5.74) is 2.32. The molecule has 2 aliphatic carbocycles. The van der Waals surface area contributed by atoms with Gasteiger partial charge in [-0.1, -0.05) is 49.6 Å². The van der Waals surface area contributed by atoms with Gasteiger partial charge in [-0.15, -0.1) is 11.3 Å². The number of rotatable bonds is 6. The van der Waals surface area contributed by atoms with Gasteiger partial charge in [0.25, 0.3) is 5.56 Å². The lowest BCUT2D eigenvalue weighted by molar-refractivity contribution is 0.186. The zero-order valence-corrected chi connectivity index (χ0v) is 19.9. The number of aromatic amines is 1. The molecule has 0 unspecified atom stereocenters. The van der Waals surface area contributed by atoms with Crippen molar-refractivity contribution < 1.29 is 4.79 Å². The Bertz CT molecular complexity index is 1160. The summed E-state index contributed by atoms with van der Waals surface area (Å²) >= 11 is 1.65. The lowest BCUT2D eigenvalue weighted by Crippen LogP contribution is -2.46. The summed E-state index contributed by atoms with van der Waals surface area (Å²) in [4.78, 5) is 37.9. The fraction of sp³-hybridized carbons (Fsp3) is 0.500. The number of hydrogen-bond donors (Lipinski definition) is 2. The van der Waals surface area contributed by atoms with E-state index in [0.29, 0.717) is 18.9 Å². The molecule has 0 aliphatic heterocycles. The number of thiophene rings is 1. The fourth-order valence-electron chi connectivity index (χ4n) is 5.14. The maximum Gasteiger partial charge on any atom is 0.318 e. The highest BCUT2D eigenvalue weighted by atomic mass is 32.1. The van der Waals surface area contributed by atoms with E-state index in [9.17, 15) is 9.59 Å². The highest BCUT2D eigenvalue weighted by Crippen LogP contribution is 2.33. The van der Waals surface area contributed by atoms with E-state index in [1.54, 1.807) is 16.2 Å². The van der Waals surface area contributed by atoms with Gasteiger partial charge in [0.2, 0.25) is 0 Å². The van der Waals surface area contributed by atoms with E-state index in [2.05, 4.69) is 22.4 Å². The largest absolute Gasteiger partial charge is 0.335 e. The van der Waals surface area contributed by atoms with E-state index < -0.39 is 0 Å². The molecule has 3 aromatic rings. The number of aromatic nitrogens is 2. The summed E-state index contributed by atoms with van der Waals surface area (Å²) < 4.78 is 0. The molecule has 2 heterocycles. The van der Waals surface area contributed by atoms with Crippen molar-refractivity contribution in [2.75, 3.05) is 6.54 Å². The molecule has 6 nitrogen and oxygen atoms in total. The van der Waals surface area contributed by atoms with Crippen LogP contribution in [0.25, 0.3) is 10.2 Å². The summed E-state index contributed by atoms with van der Waals surface area (Å²) in [6, 6.07) is 10.4. The van der Waals surface area contributed by atoms with E-state index >= 15 is 0 Å². The number of aryl methyl sites for hydroxylation is 2. The van der Waals surface area contributed by atoms with Gasteiger partial charge in [-0.3, -0.25) is 4.79 Å². The number of carbonyl (C=O) groups is 1. The molecular formula is C26H32N4O2S. The predicted molar refractivity (Wildman–Crippen MR) is 133 cm³/mol. The maximum absolute atomic E-state index is 13.2. The smallest absolute Gasteiger partial charge is 0.318 e. The summed E-state index contributed by atoms with van der Waals surface area (Å²) in [5, 5.41) is 4.00. The quantitative estimate of drug-likeness (QED) is 0.542. The van der Waals surface area contributed by atoms with Gasteiger partial charge < -0.3 is 15.2 Å². The first-order chi connectivity index (χ1) is 16.2. The van der Waals surface area contributed by atoms with Crippen LogP contribution in [0.2, 0.25) is 0 Å². The Kier molecular flexibility index (Phi) is 6.76. The van der Waals surface area contributed by atoms with Crippen LogP contribution in [0.4, 0.5) is 4.79 Å². The number of H-pyrrole nitrogens is 1. The van der Waals surface area contributed by atoms with E-state index in [1.807, 2.05) is 18.2 Å². The van der Waals surface area contributed by atoms with Crippen molar-refractivity contribution in [1.29, 1.82) is 0 Å². The first-order valence-electron chi connectivity index (χ1n) is 12.3. The molecule has 2 N–H and O–H groups in total. The molecule has 33 heavy (non-hydrogen) atoms. The minimum atomic E-state index is -0.0647. The third-order valence-corrected chi connectivity index (χ3v) is 8.13. The number of amides is 2. The lowest BCUT2D eigenvalue weighted by Gasteiger charge is -2.28. The molecule has 0 spiro atoms. The minimum Gasteiger partial charge on any atom is -0.335 e. The Hall–Kier alpha value is -2.67. The second-order valence-electron chi connectivity index (χ2n) is 9.35. The molecule has 2 aromatic heterocycles. The molecule has 1 saturated carbocycles. The molecule has 1 fully saturated rings. The van der Waals surface area contributed by atoms with Gasteiger partial charge >= 0.3 is 6.03 Å². The van der Waals surface area contributed by atoms with E-state index in [4.69, 9.17) is 4.98 Å². The maximum atomic E-state index is 13.2. The molecular weight excluding hydrogens is 432 g/mol. The molecule has 2 amide bonds. The second-order valence-corrected chi connectivity index (χ2v) is 10.4. The van der Waals surface area contributed by atoms with Crippen LogP contribution in [0, 0.1) is 0 Å². The highest BCUT2D eigenvalue weighted by Gasteiger charge is 2.23. The third-order valence-electron chi connectivity index (χ3n) is 6.95. The summed E-state index contributed by atoms with van der Waals surface area (Å²) in [7, 11) is 0. The normalized spacial score (nSPS) is 16.5. The Morgan fingerprint density at radius 2 is 1.88 bits per heavy atom. The molecule has 0 saturated heterocycles. The molecule has 0 bridgehead atoms. The summed E-state index contributed by atoms with van der Waals surface area (Å²) in [5.74, 6) is 0.568. The molecule has 174 valence electrons. The molecule has 1 aromatic carbocycles. The molecule has 0 atom stereocenters. The van der Waals surface area contributed by atoms with Crippen molar-refractivity contribution in [3.05, 3.63) is 62.5 Å². The van der Waals surface area contributed by atoms with E-state index in [1.165, 1.54) is 41.7 Å². The zero-order valence-electron chi connectivity index (χ0n) is 19.1. The number of nitrogens with zero attached hydrogens (tertiary/aromatic N) is 2. The number of nitrogens with one attached hydrogen (secondary N) is 2. The summed E-state index contributed by atoms with van der Waals surface area (Å²) in [6.07, 6.45) is 10.8. The van der Waals surface area contributed by atoms with Gasteiger partial charge in [0.15, 0.2) is 0 Å². The Morgan fingerprint density at radius 1 is 1.09 bits per heavy atom. The van der Waals surface area contributed by atoms with E-state index in [0.717, 1.165) is 48.7 Å². The minimum absolute atomic E-state index is 0.0638. The first kappa shape index (κ1) is 22.1. The van der Waals surface area contributed by atoms with Crippen LogP contribution in [-0.2, 0) is 25.8 Å². The van der Waals surface area contributed by atoms with Gasteiger partial charge in [-0.2, -0.15) is 0 Å². The highest BCUT2D eigenvalue weighted by molar-refractivity contribution is 7.18. The summed E-state index contributed by atoms with van der Waals surface area (Å²) in [6.45, 7) is 0.879. The van der Waals surface area contributed by atoms with Crippen LogP contribution >= 0.6 is 11.3 Å². The average Bonchev–Trinajstić information content (AvgIpc) is 3.22. The van der Waals surface area contributed by atoms with Crippen LogP contribution < -0.4 is 10.9 Å². The number of hydrogen-bond acceptors (Lipinski definition) is 4. The van der Waals surface area contributed by atoms with Crippen LogP contribution in [0.1, 0.15) is 66.8 Å². The Morgan fingerprint density at radius 3 is 2.70 bits per heavy atom. The average molecular weight is 465 g/mol. The topological polar surface area (TPSA) is 78.1 Å². The van der Waals surface area contributed by atoms with Crippen LogP contribution in [-0.4, -0.2) is 33.5 Å².